The lowest BCUT2D eigenvalue weighted by molar-refractivity contribution is -0.384. The van der Waals surface area contributed by atoms with Gasteiger partial charge in [-0.2, -0.15) is 17.5 Å². The molecule has 28 heavy (non-hydrogen) atoms. The molecule has 1 heterocycles. The molecule has 7 nitrogen and oxygen atoms in total. The highest BCUT2D eigenvalue weighted by Gasteiger charge is 2.39. The second-order valence-corrected chi connectivity index (χ2v) is 8.07. The molecular weight excluding hydrogens is 399 g/mol. The number of piperazine rings is 1. The van der Waals surface area contributed by atoms with Gasteiger partial charge in [-0.15, -0.1) is 0 Å². The molecule has 0 atom stereocenters. The molecule has 11 heteroatoms. The maximum Gasteiger partial charge on any atom is 0.417 e. The third kappa shape index (κ3) is 3.94. The second-order valence-electron chi connectivity index (χ2n) is 6.16. The number of nitro groups is 1. The molecule has 3 rings (SSSR count). The summed E-state index contributed by atoms with van der Waals surface area (Å²) in [5.74, 6) is 0. The molecule has 150 valence electrons. The maximum absolute atomic E-state index is 13.2. The zero-order valence-corrected chi connectivity index (χ0v) is 15.3. The van der Waals surface area contributed by atoms with Gasteiger partial charge in [0.25, 0.3) is 5.69 Å². The predicted molar refractivity (Wildman–Crippen MR) is 95.5 cm³/mol. The van der Waals surface area contributed by atoms with Crippen molar-refractivity contribution in [3.8, 4) is 0 Å². The van der Waals surface area contributed by atoms with Crippen LogP contribution in [0, 0.1) is 10.1 Å². The minimum Gasteiger partial charge on any atom is -0.369 e. The first-order valence-corrected chi connectivity index (χ1v) is 9.70. The highest BCUT2D eigenvalue weighted by Crippen LogP contribution is 2.35. The van der Waals surface area contributed by atoms with Gasteiger partial charge >= 0.3 is 6.18 Å². The van der Waals surface area contributed by atoms with E-state index in [4.69, 9.17) is 0 Å². The average Bonchev–Trinajstić information content (AvgIpc) is 2.67. The fraction of sp³-hybridized carbons (Fsp3) is 0.294. The van der Waals surface area contributed by atoms with Crippen molar-refractivity contribution < 1.29 is 26.5 Å². The van der Waals surface area contributed by atoms with Gasteiger partial charge in [-0.25, -0.2) is 8.42 Å². The number of hydrogen-bond donors (Lipinski definition) is 0. The largest absolute Gasteiger partial charge is 0.417 e. The van der Waals surface area contributed by atoms with Crippen molar-refractivity contribution in [2.45, 2.75) is 11.1 Å². The van der Waals surface area contributed by atoms with Gasteiger partial charge in [0, 0.05) is 44.0 Å². The van der Waals surface area contributed by atoms with E-state index >= 15 is 0 Å². The van der Waals surface area contributed by atoms with Crippen LogP contribution in [0.2, 0.25) is 0 Å². The molecule has 0 amide bonds. The topological polar surface area (TPSA) is 83.8 Å². The number of hydrogen-bond acceptors (Lipinski definition) is 5. The second kappa shape index (κ2) is 7.40. The van der Waals surface area contributed by atoms with Gasteiger partial charge in [0.1, 0.15) is 0 Å². The number of nitro benzene ring substituents is 1. The zero-order valence-electron chi connectivity index (χ0n) is 14.5. The lowest BCUT2D eigenvalue weighted by Crippen LogP contribution is -2.49. The van der Waals surface area contributed by atoms with E-state index < -0.39 is 31.6 Å². The van der Waals surface area contributed by atoms with E-state index in [0.717, 1.165) is 22.5 Å². The third-order valence-corrected chi connectivity index (χ3v) is 6.41. The molecule has 0 radical (unpaired) electrons. The molecule has 0 N–H and O–H groups in total. The van der Waals surface area contributed by atoms with Crippen LogP contribution >= 0.6 is 0 Å². The molecule has 0 unspecified atom stereocenters. The fourth-order valence-electron chi connectivity index (χ4n) is 3.05. The Morgan fingerprint density at radius 1 is 0.964 bits per heavy atom. The Hall–Kier alpha value is -2.66. The van der Waals surface area contributed by atoms with Gasteiger partial charge in [-0.1, -0.05) is 18.2 Å². The van der Waals surface area contributed by atoms with Crippen molar-refractivity contribution in [1.29, 1.82) is 0 Å². The Bertz CT molecular complexity index is 987. The van der Waals surface area contributed by atoms with Crippen molar-refractivity contribution in [3.05, 3.63) is 64.2 Å². The van der Waals surface area contributed by atoms with Gasteiger partial charge < -0.3 is 4.90 Å². The monoisotopic (exact) mass is 415 g/mol. The highest BCUT2D eigenvalue weighted by atomic mass is 32.2. The first-order valence-electron chi connectivity index (χ1n) is 8.26. The molecular formula is C17H16F3N3O4S. The quantitative estimate of drug-likeness (QED) is 0.566. The number of anilines is 1. The maximum atomic E-state index is 13.2. The highest BCUT2D eigenvalue weighted by molar-refractivity contribution is 7.89. The average molecular weight is 415 g/mol. The van der Waals surface area contributed by atoms with E-state index in [0.29, 0.717) is 5.69 Å². The van der Waals surface area contributed by atoms with Crippen molar-refractivity contribution in [2.75, 3.05) is 31.1 Å². The Labute approximate surface area is 159 Å². The van der Waals surface area contributed by atoms with Crippen LogP contribution in [0.4, 0.5) is 24.5 Å². The first-order chi connectivity index (χ1) is 13.1. The normalized spacial score (nSPS) is 16.2. The van der Waals surface area contributed by atoms with Gasteiger partial charge in [-0.3, -0.25) is 10.1 Å². The van der Waals surface area contributed by atoms with Crippen LogP contribution < -0.4 is 4.90 Å². The van der Waals surface area contributed by atoms with Crippen LogP contribution in [0.25, 0.3) is 0 Å². The zero-order chi connectivity index (χ0) is 20.5. The smallest absolute Gasteiger partial charge is 0.369 e. The summed E-state index contributed by atoms with van der Waals surface area (Å²) in [6.45, 7) is 0.345. The summed E-state index contributed by atoms with van der Waals surface area (Å²) in [6, 6.07) is 9.99. The number of sulfonamides is 1. The van der Waals surface area contributed by atoms with Crippen LogP contribution in [0.1, 0.15) is 5.56 Å². The Balaban J connectivity index is 1.80. The van der Waals surface area contributed by atoms with E-state index in [2.05, 4.69) is 0 Å². The predicted octanol–water partition coefficient (Wildman–Crippen LogP) is 3.12. The van der Waals surface area contributed by atoms with Crippen molar-refractivity contribution in [1.82, 2.24) is 4.31 Å². The third-order valence-electron chi connectivity index (χ3n) is 4.45. The SMILES string of the molecule is O=[N+]([O-])c1cccc(N2CCN(S(=O)(=O)c3ccccc3C(F)(F)F)CC2)c1. The summed E-state index contributed by atoms with van der Waals surface area (Å²) in [6.07, 6.45) is -4.78. The number of halogens is 3. The van der Waals surface area contributed by atoms with Crippen molar-refractivity contribution in [3.63, 3.8) is 0 Å². The number of rotatable bonds is 4. The van der Waals surface area contributed by atoms with Crippen LogP contribution in [0.15, 0.2) is 53.4 Å². The Morgan fingerprint density at radius 2 is 1.61 bits per heavy atom. The van der Waals surface area contributed by atoms with Crippen LogP contribution in [-0.2, 0) is 16.2 Å². The lowest BCUT2D eigenvalue weighted by Gasteiger charge is -2.35. The number of non-ortho nitro benzene ring substituents is 1. The van der Waals surface area contributed by atoms with Gasteiger partial charge in [0.05, 0.1) is 15.4 Å². The Kier molecular flexibility index (Phi) is 5.31. The van der Waals surface area contributed by atoms with E-state index in [1.165, 1.54) is 24.3 Å². The number of alkyl halides is 3. The summed E-state index contributed by atoms with van der Waals surface area (Å²) in [7, 11) is -4.32. The van der Waals surface area contributed by atoms with Crippen molar-refractivity contribution >= 4 is 21.4 Å². The molecule has 0 bridgehead atoms. The molecule has 2 aromatic rings. The Morgan fingerprint density at radius 3 is 2.21 bits per heavy atom. The molecule has 0 aliphatic carbocycles. The number of nitrogens with zero attached hydrogens (tertiary/aromatic N) is 3. The first kappa shape index (κ1) is 20.1. The summed E-state index contributed by atoms with van der Waals surface area (Å²) in [5.41, 5.74) is -0.732. The molecule has 1 aliphatic heterocycles. The minimum absolute atomic E-state index is 0.0305. The fourth-order valence-corrected chi connectivity index (χ4v) is 4.69. The van der Waals surface area contributed by atoms with E-state index in [1.807, 2.05) is 0 Å². The van der Waals surface area contributed by atoms with E-state index in [9.17, 15) is 31.7 Å². The summed E-state index contributed by atoms with van der Waals surface area (Å²) in [5, 5.41) is 10.9. The molecule has 0 aromatic heterocycles. The molecule has 2 aromatic carbocycles. The molecule has 1 aliphatic rings. The summed E-state index contributed by atoms with van der Waals surface area (Å²) >= 11 is 0. The van der Waals surface area contributed by atoms with Crippen molar-refractivity contribution in [2.24, 2.45) is 0 Å². The van der Waals surface area contributed by atoms with Crippen LogP contribution in [-0.4, -0.2) is 43.8 Å². The molecule has 1 fully saturated rings. The van der Waals surface area contributed by atoms with E-state index in [1.54, 1.807) is 11.0 Å². The lowest BCUT2D eigenvalue weighted by atomic mass is 10.2. The molecule has 1 saturated heterocycles. The van der Waals surface area contributed by atoms with Crippen LogP contribution in [0.3, 0.4) is 0 Å². The van der Waals surface area contributed by atoms with Gasteiger partial charge in [0.15, 0.2) is 0 Å². The van der Waals surface area contributed by atoms with E-state index in [-0.39, 0.29) is 31.9 Å². The van der Waals surface area contributed by atoms with Crippen LogP contribution in [0.5, 0.6) is 0 Å². The summed E-state index contributed by atoms with van der Waals surface area (Å²) < 4.78 is 66.1. The van der Waals surface area contributed by atoms with Gasteiger partial charge in [-0.05, 0) is 18.2 Å². The minimum atomic E-state index is -4.78. The number of benzene rings is 2. The van der Waals surface area contributed by atoms with Gasteiger partial charge in [0.2, 0.25) is 10.0 Å². The molecule has 0 spiro atoms. The standard InChI is InChI=1S/C17H16F3N3O4S/c18-17(19,20)15-6-1-2-7-16(15)28(26,27)22-10-8-21(9-11-22)13-4-3-5-14(12-13)23(24)25/h1-7,12H,8-11H2. The molecule has 0 saturated carbocycles. The summed E-state index contributed by atoms with van der Waals surface area (Å²) in [4.78, 5) is 11.4.